The first kappa shape index (κ1) is 19.9. The Morgan fingerprint density at radius 1 is 1.03 bits per heavy atom. The molecule has 0 aliphatic carbocycles. The molecule has 2 unspecified atom stereocenters. The Hall–Kier alpha value is -3.35. The fourth-order valence-corrected chi connectivity index (χ4v) is 3.71. The van der Waals surface area contributed by atoms with Gasteiger partial charge >= 0.3 is 6.03 Å². The summed E-state index contributed by atoms with van der Waals surface area (Å²) in [5.41, 5.74) is 2.87. The number of nitrogens with one attached hydrogen (secondary N) is 2. The summed E-state index contributed by atoms with van der Waals surface area (Å²) in [5, 5.41) is 5.94. The summed E-state index contributed by atoms with van der Waals surface area (Å²) in [6, 6.07) is 16.7. The molecule has 0 saturated heterocycles. The number of benzene rings is 2. The van der Waals surface area contributed by atoms with Gasteiger partial charge in [0.25, 0.3) is 0 Å². The van der Waals surface area contributed by atoms with Crippen LogP contribution in [0, 0.1) is 0 Å². The first-order valence-electron chi connectivity index (χ1n) is 10.4. The third-order valence-corrected chi connectivity index (χ3v) is 5.57. The second-order valence-electron chi connectivity index (χ2n) is 7.71. The summed E-state index contributed by atoms with van der Waals surface area (Å²) in [7, 11) is 0. The van der Waals surface area contributed by atoms with E-state index in [-0.39, 0.29) is 18.0 Å². The Kier molecular flexibility index (Phi) is 5.70. The number of hydrogen-bond acceptors (Lipinski definition) is 3. The molecule has 2 aromatic carbocycles. The average Bonchev–Trinajstić information content (AvgIpc) is 3.33. The van der Waals surface area contributed by atoms with Crippen molar-refractivity contribution in [2.75, 3.05) is 11.4 Å². The lowest BCUT2D eigenvalue weighted by Crippen LogP contribution is -2.53. The van der Waals surface area contributed by atoms with Crippen LogP contribution in [-0.4, -0.2) is 40.1 Å². The van der Waals surface area contributed by atoms with E-state index in [9.17, 15) is 9.59 Å². The Labute approximate surface area is 176 Å². The molecule has 1 aromatic heterocycles. The minimum Gasteiger partial charge on any atom is -0.352 e. The Bertz CT molecular complexity index is 1050. The van der Waals surface area contributed by atoms with E-state index in [2.05, 4.69) is 15.6 Å². The number of carbonyl (C=O) groups is 2. The van der Waals surface area contributed by atoms with E-state index in [0.29, 0.717) is 25.5 Å². The number of imidazole rings is 1. The minimum atomic E-state index is -0.660. The molecule has 3 aromatic rings. The van der Waals surface area contributed by atoms with Crippen LogP contribution >= 0.6 is 0 Å². The first-order valence-corrected chi connectivity index (χ1v) is 10.4. The standard InChI is InChI=1S/C23H27N5O2/c1-3-16(2)24-21(29)19(15-17-9-5-4-6-10-17)26-23(30)28-14-13-27-20-12-8-7-11-18(20)25-22(27)28/h4-12,16,19H,3,13-15H2,1-2H3,(H,24,29)(H,26,30). The normalized spacial score (nSPS) is 14.9. The molecule has 0 fully saturated rings. The quantitative estimate of drug-likeness (QED) is 0.661. The molecule has 2 N–H and O–H groups in total. The number of nitrogens with zero attached hydrogens (tertiary/aromatic N) is 3. The summed E-state index contributed by atoms with van der Waals surface area (Å²) in [6.45, 7) is 5.20. The van der Waals surface area contributed by atoms with Crippen LogP contribution in [0.25, 0.3) is 11.0 Å². The molecular formula is C23H27N5O2. The average molecular weight is 406 g/mol. The topological polar surface area (TPSA) is 79.3 Å². The highest BCUT2D eigenvalue weighted by molar-refractivity contribution is 5.96. The molecule has 7 heteroatoms. The van der Waals surface area contributed by atoms with Crippen LogP contribution in [0.15, 0.2) is 54.6 Å². The van der Waals surface area contributed by atoms with Crippen molar-refractivity contribution in [1.82, 2.24) is 20.2 Å². The summed E-state index contributed by atoms with van der Waals surface area (Å²) >= 11 is 0. The van der Waals surface area contributed by atoms with E-state index >= 15 is 0 Å². The second kappa shape index (κ2) is 8.57. The zero-order chi connectivity index (χ0) is 21.1. The van der Waals surface area contributed by atoms with Crippen LogP contribution in [-0.2, 0) is 17.8 Å². The van der Waals surface area contributed by atoms with Gasteiger partial charge in [0.1, 0.15) is 6.04 Å². The fourth-order valence-electron chi connectivity index (χ4n) is 3.71. The van der Waals surface area contributed by atoms with Gasteiger partial charge in [0.05, 0.1) is 11.0 Å². The molecular weight excluding hydrogens is 378 g/mol. The van der Waals surface area contributed by atoms with Crippen molar-refractivity contribution in [2.24, 2.45) is 0 Å². The molecule has 30 heavy (non-hydrogen) atoms. The van der Waals surface area contributed by atoms with Crippen LogP contribution in [0.3, 0.4) is 0 Å². The number of carbonyl (C=O) groups excluding carboxylic acids is 2. The number of fused-ring (bicyclic) bond motifs is 3. The van der Waals surface area contributed by atoms with E-state index in [1.165, 1.54) is 0 Å². The van der Waals surface area contributed by atoms with E-state index in [1.54, 1.807) is 4.90 Å². The highest BCUT2D eigenvalue weighted by atomic mass is 16.2. The fraction of sp³-hybridized carbons (Fsp3) is 0.348. The van der Waals surface area contributed by atoms with Crippen LogP contribution in [0.4, 0.5) is 10.7 Å². The summed E-state index contributed by atoms with van der Waals surface area (Å²) < 4.78 is 2.04. The molecule has 0 radical (unpaired) electrons. The van der Waals surface area contributed by atoms with Gasteiger partial charge in [0.15, 0.2) is 0 Å². The summed E-state index contributed by atoms with van der Waals surface area (Å²) in [5.74, 6) is 0.448. The lowest BCUT2D eigenvalue weighted by Gasteiger charge is -2.23. The smallest absolute Gasteiger partial charge is 0.324 e. The van der Waals surface area contributed by atoms with Gasteiger partial charge in [-0.05, 0) is 31.0 Å². The Balaban J connectivity index is 1.54. The number of anilines is 1. The zero-order valence-corrected chi connectivity index (χ0v) is 17.3. The summed E-state index contributed by atoms with van der Waals surface area (Å²) in [4.78, 5) is 32.3. The van der Waals surface area contributed by atoms with Crippen molar-refractivity contribution in [3.8, 4) is 0 Å². The van der Waals surface area contributed by atoms with E-state index < -0.39 is 6.04 Å². The van der Waals surface area contributed by atoms with Gasteiger partial charge in [0, 0.05) is 25.6 Å². The highest BCUT2D eigenvalue weighted by Crippen LogP contribution is 2.27. The third-order valence-electron chi connectivity index (χ3n) is 5.57. The maximum Gasteiger partial charge on any atom is 0.324 e. The lowest BCUT2D eigenvalue weighted by molar-refractivity contribution is -0.123. The Morgan fingerprint density at radius 2 is 1.77 bits per heavy atom. The third kappa shape index (κ3) is 4.01. The zero-order valence-electron chi connectivity index (χ0n) is 17.3. The number of para-hydroxylation sites is 2. The van der Waals surface area contributed by atoms with Gasteiger partial charge in [-0.1, -0.05) is 49.4 Å². The van der Waals surface area contributed by atoms with Gasteiger partial charge in [-0.25, -0.2) is 9.78 Å². The molecule has 2 atom stereocenters. The minimum absolute atomic E-state index is 0.0451. The van der Waals surface area contributed by atoms with Crippen molar-refractivity contribution in [3.63, 3.8) is 0 Å². The van der Waals surface area contributed by atoms with E-state index in [4.69, 9.17) is 0 Å². The highest BCUT2D eigenvalue weighted by Gasteiger charge is 2.31. The van der Waals surface area contributed by atoms with Gasteiger partial charge in [0.2, 0.25) is 11.9 Å². The van der Waals surface area contributed by atoms with Crippen molar-refractivity contribution in [2.45, 2.75) is 45.3 Å². The number of aromatic nitrogens is 2. The molecule has 2 heterocycles. The molecule has 0 bridgehead atoms. The molecule has 0 saturated carbocycles. The predicted molar refractivity (Wildman–Crippen MR) is 117 cm³/mol. The van der Waals surface area contributed by atoms with E-state index in [0.717, 1.165) is 23.0 Å². The molecule has 1 aliphatic rings. The predicted octanol–water partition coefficient (Wildman–Crippen LogP) is 3.09. The maximum absolute atomic E-state index is 13.1. The van der Waals surface area contributed by atoms with E-state index in [1.807, 2.05) is 73.0 Å². The Morgan fingerprint density at radius 3 is 2.53 bits per heavy atom. The number of rotatable bonds is 6. The molecule has 7 nitrogen and oxygen atoms in total. The number of urea groups is 1. The number of amides is 3. The number of hydrogen-bond donors (Lipinski definition) is 2. The van der Waals surface area contributed by atoms with Crippen molar-refractivity contribution in [1.29, 1.82) is 0 Å². The first-order chi connectivity index (χ1) is 14.6. The largest absolute Gasteiger partial charge is 0.352 e. The molecule has 1 aliphatic heterocycles. The maximum atomic E-state index is 13.1. The lowest BCUT2D eigenvalue weighted by atomic mass is 10.0. The van der Waals surface area contributed by atoms with Crippen molar-refractivity contribution >= 4 is 28.9 Å². The van der Waals surface area contributed by atoms with Crippen LogP contribution < -0.4 is 15.5 Å². The molecule has 156 valence electrons. The second-order valence-corrected chi connectivity index (χ2v) is 7.71. The van der Waals surface area contributed by atoms with Gasteiger partial charge in [-0.2, -0.15) is 0 Å². The monoisotopic (exact) mass is 405 g/mol. The van der Waals surface area contributed by atoms with Crippen LogP contribution in [0.5, 0.6) is 0 Å². The SMILES string of the molecule is CCC(C)NC(=O)C(Cc1ccccc1)NC(=O)N1CCn2c1nc1ccccc12. The van der Waals surface area contributed by atoms with Crippen molar-refractivity contribution < 1.29 is 9.59 Å². The molecule has 0 spiro atoms. The van der Waals surface area contributed by atoms with Crippen LogP contribution in [0.1, 0.15) is 25.8 Å². The molecule has 4 rings (SSSR count). The molecule has 3 amide bonds. The summed E-state index contributed by atoms with van der Waals surface area (Å²) in [6.07, 6.45) is 1.26. The van der Waals surface area contributed by atoms with Gasteiger partial charge in [-0.3, -0.25) is 9.69 Å². The van der Waals surface area contributed by atoms with Crippen LogP contribution in [0.2, 0.25) is 0 Å². The van der Waals surface area contributed by atoms with Crippen molar-refractivity contribution in [3.05, 3.63) is 60.2 Å². The van der Waals surface area contributed by atoms with Gasteiger partial charge < -0.3 is 15.2 Å². The van der Waals surface area contributed by atoms with Gasteiger partial charge in [-0.15, -0.1) is 0 Å².